The fraction of sp³-hybridized carbons (Fsp3) is 0.0294. The van der Waals surface area contributed by atoms with Crippen LogP contribution in [0.2, 0.25) is 0 Å². The highest BCUT2D eigenvalue weighted by molar-refractivity contribution is 6.00. The number of hydrogen-bond acceptors (Lipinski definition) is 2. The zero-order chi connectivity index (χ0) is 46.6. The second-order valence-corrected chi connectivity index (χ2v) is 18.0. The lowest BCUT2D eigenvalue weighted by Crippen LogP contribution is -2.14. The first-order chi connectivity index (χ1) is 34.7. The van der Waals surface area contributed by atoms with Crippen molar-refractivity contribution in [2.45, 2.75) is 12.8 Å². The monoisotopic (exact) mass is 894 g/mol. The van der Waals surface area contributed by atoms with Gasteiger partial charge < -0.3 is 9.80 Å². The van der Waals surface area contributed by atoms with Gasteiger partial charge in [-0.2, -0.15) is 0 Å². The van der Waals surface area contributed by atoms with E-state index in [1.165, 1.54) is 77.7 Å². The van der Waals surface area contributed by atoms with Gasteiger partial charge in [-0.25, -0.2) is 0 Å². The topological polar surface area (TPSA) is 6.48 Å². The molecule has 2 nitrogen and oxygen atoms in total. The molecule has 0 bridgehead atoms. The average molecular weight is 895 g/mol. The maximum absolute atomic E-state index is 2.46. The van der Waals surface area contributed by atoms with Crippen LogP contribution in [-0.2, 0) is 6.42 Å². The first-order valence-electron chi connectivity index (χ1n) is 24.3. The molecule has 0 radical (unpaired) electrons. The number of nitrogens with zero attached hydrogens (tertiary/aromatic N) is 2. The Balaban J connectivity index is 0.960. The van der Waals surface area contributed by atoms with E-state index >= 15 is 0 Å². The molecule has 0 aromatic heterocycles. The summed E-state index contributed by atoms with van der Waals surface area (Å²) < 4.78 is 0. The number of hydrogen-bond donors (Lipinski definition) is 0. The van der Waals surface area contributed by atoms with Crippen LogP contribution in [0, 0.1) is 0 Å². The van der Waals surface area contributed by atoms with E-state index in [1.54, 1.807) is 0 Å². The fourth-order valence-corrected chi connectivity index (χ4v) is 10.3. The van der Waals surface area contributed by atoms with Crippen molar-refractivity contribution in [3.8, 4) is 55.6 Å². The minimum absolute atomic E-state index is 1.00. The van der Waals surface area contributed by atoms with Crippen molar-refractivity contribution in [3.05, 3.63) is 284 Å². The Labute approximate surface area is 411 Å². The SMILES string of the molecule is C1=Cc2cccc(N(c3ccc(-c4ccccc4)cc3)c3ccc(-c4ccc(-c5ccc(N(c6ccccc6)c6cccc7ccccc67)cc5-c5ccccc5)cc4)c(-c4ccccc4)c3)c2CC1. The van der Waals surface area contributed by atoms with Gasteiger partial charge in [-0.15, -0.1) is 0 Å². The predicted molar refractivity (Wildman–Crippen MR) is 298 cm³/mol. The zero-order valence-corrected chi connectivity index (χ0v) is 38.9. The minimum Gasteiger partial charge on any atom is -0.310 e. The lowest BCUT2D eigenvalue weighted by atomic mass is 9.90. The third kappa shape index (κ3) is 8.27. The van der Waals surface area contributed by atoms with Crippen LogP contribution in [-0.4, -0.2) is 0 Å². The molecule has 332 valence electrons. The van der Waals surface area contributed by atoms with Crippen LogP contribution in [0.3, 0.4) is 0 Å². The number of para-hydroxylation sites is 1. The van der Waals surface area contributed by atoms with E-state index < -0.39 is 0 Å². The van der Waals surface area contributed by atoms with Gasteiger partial charge in [0.05, 0.1) is 5.69 Å². The van der Waals surface area contributed by atoms with Crippen molar-refractivity contribution in [1.82, 2.24) is 0 Å². The minimum atomic E-state index is 1.00. The second kappa shape index (κ2) is 19.0. The summed E-state index contributed by atoms with van der Waals surface area (Å²) in [5.74, 6) is 0. The number of fused-ring (bicyclic) bond motifs is 2. The van der Waals surface area contributed by atoms with Gasteiger partial charge in [-0.05, 0) is 146 Å². The Morgan fingerprint density at radius 1 is 0.286 bits per heavy atom. The molecule has 0 saturated carbocycles. The van der Waals surface area contributed by atoms with Crippen molar-refractivity contribution in [1.29, 1.82) is 0 Å². The second-order valence-electron chi connectivity index (χ2n) is 18.0. The Morgan fingerprint density at radius 3 is 1.33 bits per heavy atom. The molecule has 0 saturated heterocycles. The highest BCUT2D eigenvalue weighted by Crippen LogP contribution is 2.46. The molecular formula is C68H50N2. The predicted octanol–water partition coefficient (Wildman–Crippen LogP) is 19.1. The highest BCUT2D eigenvalue weighted by atomic mass is 15.1. The molecule has 0 unspecified atom stereocenters. The molecule has 0 heterocycles. The van der Waals surface area contributed by atoms with Gasteiger partial charge in [0.15, 0.2) is 0 Å². The fourth-order valence-electron chi connectivity index (χ4n) is 10.3. The molecular weight excluding hydrogens is 845 g/mol. The highest BCUT2D eigenvalue weighted by Gasteiger charge is 2.22. The zero-order valence-electron chi connectivity index (χ0n) is 38.9. The summed E-state index contributed by atoms with van der Waals surface area (Å²) in [6.07, 6.45) is 6.61. The quantitative estimate of drug-likeness (QED) is 0.128. The van der Waals surface area contributed by atoms with Crippen LogP contribution in [0.1, 0.15) is 17.5 Å². The van der Waals surface area contributed by atoms with Gasteiger partial charge in [-0.3, -0.25) is 0 Å². The molecule has 0 fully saturated rings. The van der Waals surface area contributed by atoms with Crippen molar-refractivity contribution in [3.63, 3.8) is 0 Å². The lowest BCUT2D eigenvalue weighted by molar-refractivity contribution is 0.979. The lowest BCUT2D eigenvalue weighted by Gasteiger charge is -2.30. The van der Waals surface area contributed by atoms with Crippen LogP contribution < -0.4 is 9.80 Å². The van der Waals surface area contributed by atoms with Crippen LogP contribution in [0.5, 0.6) is 0 Å². The maximum atomic E-state index is 2.46. The van der Waals surface area contributed by atoms with E-state index in [9.17, 15) is 0 Å². The molecule has 70 heavy (non-hydrogen) atoms. The molecule has 0 atom stereocenters. The average Bonchev–Trinajstić information content (AvgIpc) is 3.44. The molecule has 0 amide bonds. The summed E-state index contributed by atoms with van der Waals surface area (Å²) in [6, 6.07) is 97.1. The standard InChI is InChI=1S/C68H50N2/c1-5-19-49(20-6-1)50-39-41-58(42-40-50)70(68-34-18-28-52-26-14-16-32-64(52)68)60-44-46-62(66(48-60)54-23-9-3-10-24-54)56-37-35-55(36-38-56)61-45-43-59(47-65(61)53-21-7-2-8-22-53)69(57-29-11-4-12-30-57)67-33-17-27-51-25-13-15-31-63(51)67/h1-15,17-31,33-48H,16,32H2. The molecule has 0 N–H and O–H groups in total. The van der Waals surface area contributed by atoms with E-state index in [4.69, 9.17) is 0 Å². The molecule has 2 heteroatoms. The summed E-state index contributed by atoms with van der Waals surface area (Å²) in [6.45, 7) is 0. The Hall–Kier alpha value is -8.98. The smallest absolute Gasteiger partial charge is 0.0540 e. The van der Waals surface area contributed by atoms with Gasteiger partial charge in [0.2, 0.25) is 0 Å². The number of rotatable bonds is 11. The van der Waals surface area contributed by atoms with Crippen molar-refractivity contribution >= 4 is 51.0 Å². The van der Waals surface area contributed by atoms with E-state index in [1.807, 2.05) is 0 Å². The summed E-state index contributed by atoms with van der Waals surface area (Å²) >= 11 is 0. The van der Waals surface area contributed by atoms with Gasteiger partial charge in [0, 0.05) is 33.8 Å². The molecule has 11 aromatic carbocycles. The molecule has 11 aromatic rings. The molecule has 1 aliphatic carbocycles. The first-order valence-corrected chi connectivity index (χ1v) is 24.3. The molecule has 12 rings (SSSR count). The number of benzene rings is 11. The molecule has 0 aliphatic heterocycles. The van der Waals surface area contributed by atoms with Crippen LogP contribution in [0.15, 0.2) is 273 Å². The Bertz CT molecular complexity index is 3610. The van der Waals surface area contributed by atoms with Gasteiger partial charge in [0.25, 0.3) is 0 Å². The Morgan fingerprint density at radius 2 is 0.714 bits per heavy atom. The van der Waals surface area contributed by atoms with E-state index in [0.29, 0.717) is 0 Å². The van der Waals surface area contributed by atoms with Gasteiger partial charge >= 0.3 is 0 Å². The summed E-state index contributed by atoms with van der Waals surface area (Å²) in [5.41, 5.74) is 21.3. The van der Waals surface area contributed by atoms with Crippen LogP contribution in [0.4, 0.5) is 34.1 Å². The summed E-state index contributed by atoms with van der Waals surface area (Å²) in [5, 5.41) is 2.42. The van der Waals surface area contributed by atoms with Crippen LogP contribution in [0.25, 0.3) is 72.5 Å². The van der Waals surface area contributed by atoms with Gasteiger partial charge in [-0.1, -0.05) is 218 Å². The maximum Gasteiger partial charge on any atom is 0.0540 e. The van der Waals surface area contributed by atoms with E-state index in [0.717, 1.165) is 46.8 Å². The third-order valence-electron chi connectivity index (χ3n) is 13.7. The van der Waals surface area contributed by atoms with Crippen molar-refractivity contribution in [2.75, 3.05) is 9.80 Å². The normalized spacial score (nSPS) is 11.8. The Kier molecular flexibility index (Phi) is 11.5. The van der Waals surface area contributed by atoms with Gasteiger partial charge in [0.1, 0.15) is 0 Å². The van der Waals surface area contributed by atoms with Crippen molar-refractivity contribution in [2.24, 2.45) is 0 Å². The molecule has 1 aliphatic rings. The van der Waals surface area contributed by atoms with Crippen molar-refractivity contribution < 1.29 is 0 Å². The number of allylic oxidation sites excluding steroid dienone is 1. The summed E-state index contributed by atoms with van der Waals surface area (Å²) in [7, 11) is 0. The summed E-state index contributed by atoms with van der Waals surface area (Å²) in [4.78, 5) is 4.85. The van der Waals surface area contributed by atoms with E-state index in [2.05, 4.69) is 289 Å². The first kappa shape index (κ1) is 42.4. The third-order valence-corrected chi connectivity index (χ3v) is 13.7. The largest absolute Gasteiger partial charge is 0.310 e. The van der Waals surface area contributed by atoms with Crippen LogP contribution >= 0.6 is 0 Å². The molecule has 0 spiro atoms. The number of anilines is 6. The van der Waals surface area contributed by atoms with E-state index in [-0.39, 0.29) is 0 Å².